The average Bonchev–Trinajstić information content (AvgIpc) is 2.91. The SMILES string of the molecule is C[C@@H]1CN(c2ncc(C[C@@H]3COC(C)(C)O3)cc2F)CCN1C(=O)OC(C)(C)C. The van der Waals surface area contributed by atoms with Gasteiger partial charge in [-0.25, -0.2) is 14.2 Å². The number of rotatable bonds is 3. The highest BCUT2D eigenvalue weighted by atomic mass is 19.1. The molecule has 2 saturated heterocycles. The normalized spacial score (nSPS) is 24.7. The van der Waals surface area contributed by atoms with Crippen LogP contribution < -0.4 is 4.90 Å². The Labute approximate surface area is 172 Å². The van der Waals surface area contributed by atoms with Crippen LogP contribution in [-0.2, 0) is 20.6 Å². The van der Waals surface area contributed by atoms with Crippen molar-refractivity contribution in [2.45, 2.75) is 71.5 Å². The summed E-state index contributed by atoms with van der Waals surface area (Å²) in [5, 5.41) is 0. The number of hydrogen-bond acceptors (Lipinski definition) is 6. The third-order valence-corrected chi connectivity index (χ3v) is 4.96. The van der Waals surface area contributed by atoms with Crippen LogP contribution in [0.4, 0.5) is 15.0 Å². The number of halogens is 1. The standard InChI is InChI=1S/C21H32FN3O4/c1-14-12-24(7-8-25(14)19(26)29-20(2,3)4)18-17(22)10-15(11-23-18)9-16-13-27-21(5,6)28-16/h10-11,14,16H,7-9,12-13H2,1-6H3/t14-,16-/m1/s1. The molecule has 1 aromatic heterocycles. The summed E-state index contributed by atoms with van der Waals surface area (Å²) in [6.45, 7) is 13.1. The van der Waals surface area contributed by atoms with E-state index in [-0.39, 0.29) is 24.1 Å². The lowest BCUT2D eigenvalue weighted by Gasteiger charge is -2.40. The summed E-state index contributed by atoms with van der Waals surface area (Å²) in [7, 11) is 0. The van der Waals surface area contributed by atoms with Crippen LogP contribution in [0.25, 0.3) is 0 Å². The van der Waals surface area contributed by atoms with E-state index in [9.17, 15) is 9.18 Å². The van der Waals surface area contributed by atoms with E-state index in [4.69, 9.17) is 14.2 Å². The molecular weight excluding hydrogens is 377 g/mol. The fraction of sp³-hybridized carbons (Fsp3) is 0.714. The van der Waals surface area contributed by atoms with Crippen molar-refractivity contribution < 1.29 is 23.4 Å². The molecule has 0 unspecified atom stereocenters. The summed E-state index contributed by atoms with van der Waals surface area (Å²) < 4.78 is 31.6. The van der Waals surface area contributed by atoms with Crippen LogP contribution in [-0.4, -0.2) is 65.8 Å². The van der Waals surface area contributed by atoms with Gasteiger partial charge in [-0.1, -0.05) is 0 Å². The average molecular weight is 410 g/mol. The molecule has 1 aromatic rings. The van der Waals surface area contributed by atoms with Crippen molar-refractivity contribution in [1.29, 1.82) is 0 Å². The van der Waals surface area contributed by atoms with E-state index < -0.39 is 11.4 Å². The van der Waals surface area contributed by atoms with Crippen molar-refractivity contribution in [3.8, 4) is 0 Å². The molecule has 2 aliphatic heterocycles. The van der Waals surface area contributed by atoms with Gasteiger partial charge in [0.15, 0.2) is 17.4 Å². The summed E-state index contributed by atoms with van der Waals surface area (Å²) in [5.41, 5.74) is 0.235. The Bertz CT molecular complexity index is 750. The molecular formula is C21H32FN3O4. The largest absolute Gasteiger partial charge is 0.444 e. The minimum Gasteiger partial charge on any atom is -0.444 e. The maximum absolute atomic E-state index is 14.8. The fourth-order valence-electron chi connectivity index (χ4n) is 3.68. The Kier molecular flexibility index (Phi) is 6.06. The number of piperazine rings is 1. The monoisotopic (exact) mass is 409 g/mol. The van der Waals surface area contributed by atoms with Gasteiger partial charge in [-0.05, 0) is 53.2 Å². The highest BCUT2D eigenvalue weighted by molar-refractivity contribution is 5.69. The van der Waals surface area contributed by atoms with Gasteiger partial charge >= 0.3 is 6.09 Å². The second-order valence-electron chi connectivity index (χ2n) is 9.27. The highest BCUT2D eigenvalue weighted by Gasteiger charge is 2.34. The third kappa shape index (κ3) is 5.57. The molecule has 1 amide bonds. The Morgan fingerprint density at radius 3 is 2.66 bits per heavy atom. The second-order valence-corrected chi connectivity index (χ2v) is 9.27. The van der Waals surface area contributed by atoms with Crippen LogP contribution in [0.1, 0.15) is 47.1 Å². The Hall–Kier alpha value is -1.93. The van der Waals surface area contributed by atoms with Gasteiger partial charge in [-0.3, -0.25) is 0 Å². The van der Waals surface area contributed by atoms with Gasteiger partial charge in [0.05, 0.1) is 12.7 Å². The first-order valence-corrected chi connectivity index (χ1v) is 10.1. The number of nitrogens with zero attached hydrogens (tertiary/aromatic N) is 3. The first-order valence-electron chi connectivity index (χ1n) is 10.1. The molecule has 29 heavy (non-hydrogen) atoms. The summed E-state index contributed by atoms with van der Waals surface area (Å²) in [6.07, 6.45) is 1.80. The predicted molar refractivity (Wildman–Crippen MR) is 107 cm³/mol. The predicted octanol–water partition coefficient (Wildman–Crippen LogP) is 3.36. The molecule has 0 radical (unpaired) electrons. The third-order valence-electron chi connectivity index (χ3n) is 4.96. The Morgan fingerprint density at radius 2 is 2.10 bits per heavy atom. The molecule has 0 aliphatic carbocycles. The molecule has 0 spiro atoms. The topological polar surface area (TPSA) is 64.1 Å². The molecule has 162 valence electrons. The van der Waals surface area contributed by atoms with E-state index >= 15 is 0 Å². The van der Waals surface area contributed by atoms with Gasteiger partial charge in [0.25, 0.3) is 0 Å². The number of hydrogen-bond donors (Lipinski definition) is 0. The lowest BCUT2D eigenvalue weighted by Crippen LogP contribution is -2.55. The van der Waals surface area contributed by atoms with Gasteiger partial charge in [0, 0.05) is 38.3 Å². The number of pyridine rings is 1. The summed E-state index contributed by atoms with van der Waals surface area (Å²) in [5.74, 6) is -0.646. The minimum atomic E-state index is -0.597. The molecule has 0 N–H and O–H groups in total. The second kappa shape index (κ2) is 8.07. The highest BCUT2D eigenvalue weighted by Crippen LogP contribution is 2.26. The van der Waals surface area contributed by atoms with Crippen molar-refractivity contribution >= 4 is 11.9 Å². The molecule has 8 heteroatoms. The molecule has 0 aromatic carbocycles. The van der Waals surface area contributed by atoms with Crippen molar-refractivity contribution in [3.05, 3.63) is 23.6 Å². The number of carbonyl (C=O) groups excluding carboxylic acids is 1. The molecule has 2 atom stereocenters. The summed E-state index contributed by atoms with van der Waals surface area (Å²) in [4.78, 5) is 20.3. The van der Waals surface area contributed by atoms with Gasteiger partial charge in [-0.15, -0.1) is 0 Å². The van der Waals surface area contributed by atoms with E-state index in [0.717, 1.165) is 5.56 Å². The van der Waals surface area contributed by atoms with E-state index in [1.165, 1.54) is 6.07 Å². The lowest BCUT2D eigenvalue weighted by atomic mass is 10.1. The minimum absolute atomic E-state index is 0.102. The van der Waals surface area contributed by atoms with Gasteiger partial charge in [0.2, 0.25) is 0 Å². The first-order chi connectivity index (χ1) is 13.4. The number of aromatic nitrogens is 1. The van der Waals surface area contributed by atoms with Gasteiger partial charge in [-0.2, -0.15) is 0 Å². The summed E-state index contributed by atoms with van der Waals surface area (Å²) in [6, 6.07) is 1.41. The van der Waals surface area contributed by atoms with Crippen LogP contribution in [0, 0.1) is 5.82 Å². The van der Waals surface area contributed by atoms with E-state index in [2.05, 4.69) is 4.98 Å². The van der Waals surface area contributed by atoms with E-state index in [0.29, 0.717) is 38.5 Å². The van der Waals surface area contributed by atoms with Gasteiger partial charge < -0.3 is 24.0 Å². The maximum Gasteiger partial charge on any atom is 0.410 e. The Morgan fingerprint density at radius 1 is 1.38 bits per heavy atom. The number of ether oxygens (including phenoxy) is 3. The molecule has 2 fully saturated rings. The molecule has 7 nitrogen and oxygen atoms in total. The maximum atomic E-state index is 14.8. The quantitative estimate of drug-likeness (QED) is 0.763. The molecule has 0 bridgehead atoms. The smallest absolute Gasteiger partial charge is 0.410 e. The zero-order valence-electron chi connectivity index (χ0n) is 18.2. The molecule has 3 rings (SSSR count). The van der Waals surface area contributed by atoms with Gasteiger partial charge in [0.1, 0.15) is 5.60 Å². The van der Waals surface area contributed by atoms with Crippen LogP contribution in [0.15, 0.2) is 12.3 Å². The zero-order valence-corrected chi connectivity index (χ0v) is 18.2. The van der Waals surface area contributed by atoms with Crippen molar-refractivity contribution in [1.82, 2.24) is 9.88 Å². The number of carbonyl (C=O) groups is 1. The molecule has 0 saturated carbocycles. The zero-order chi connectivity index (χ0) is 21.4. The number of amides is 1. The van der Waals surface area contributed by atoms with E-state index in [1.54, 1.807) is 11.1 Å². The fourth-order valence-corrected chi connectivity index (χ4v) is 3.68. The molecule has 2 aliphatic rings. The van der Waals surface area contributed by atoms with Crippen molar-refractivity contribution in [3.63, 3.8) is 0 Å². The van der Waals surface area contributed by atoms with E-state index in [1.807, 2.05) is 46.4 Å². The van der Waals surface area contributed by atoms with Crippen molar-refractivity contribution in [2.75, 3.05) is 31.1 Å². The van der Waals surface area contributed by atoms with Crippen LogP contribution >= 0.6 is 0 Å². The Balaban J connectivity index is 1.61. The number of anilines is 1. The van der Waals surface area contributed by atoms with Crippen LogP contribution in [0.2, 0.25) is 0 Å². The molecule has 3 heterocycles. The van der Waals surface area contributed by atoms with Crippen molar-refractivity contribution in [2.24, 2.45) is 0 Å². The lowest BCUT2D eigenvalue weighted by molar-refractivity contribution is -0.138. The first kappa shape index (κ1) is 21.8. The summed E-state index contributed by atoms with van der Waals surface area (Å²) >= 11 is 0. The van der Waals surface area contributed by atoms with Crippen LogP contribution in [0.3, 0.4) is 0 Å². The van der Waals surface area contributed by atoms with Crippen LogP contribution in [0.5, 0.6) is 0 Å².